The minimum Gasteiger partial charge on any atom is -0.497 e. The van der Waals surface area contributed by atoms with Gasteiger partial charge in [0.25, 0.3) is 0 Å². The molecule has 0 saturated carbocycles. The van der Waals surface area contributed by atoms with Gasteiger partial charge in [0.2, 0.25) is 0 Å². The highest BCUT2D eigenvalue weighted by Crippen LogP contribution is 2.27. The molecule has 0 aliphatic rings. The number of carbonyl (C=O) groups is 1. The number of benzene rings is 1. The Balaban J connectivity index is 2.82. The van der Waals surface area contributed by atoms with Gasteiger partial charge in [-0.25, -0.2) is 0 Å². The Morgan fingerprint density at radius 3 is 2.38 bits per heavy atom. The highest BCUT2D eigenvalue weighted by atomic mass is 32.2. The molecule has 0 spiro atoms. The van der Waals surface area contributed by atoms with Gasteiger partial charge in [-0.1, -0.05) is 12.1 Å². The van der Waals surface area contributed by atoms with Crippen molar-refractivity contribution in [3.8, 4) is 5.75 Å². The van der Waals surface area contributed by atoms with E-state index in [9.17, 15) is 4.79 Å². The number of ether oxygens (including phenoxy) is 1. The predicted octanol–water partition coefficient (Wildman–Crippen LogP) is 2.44. The highest BCUT2D eigenvalue weighted by molar-refractivity contribution is 8.00. The summed E-state index contributed by atoms with van der Waals surface area (Å²) in [6.07, 6.45) is 2.32. The maximum atomic E-state index is 11.1. The number of carboxylic acid groups (broad SMARTS) is 1. The number of methoxy groups -OCH3 is 1. The fourth-order valence-corrected chi connectivity index (χ4v) is 1.85. The molecular weight excluding hydrogens is 224 g/mol. The Morgan fingerprint density at radius 1 is 1.44 bits per heavy atom. The van der Waals surface area contributed by atoms with Crippen LogP contribution in [-0.2, 0) is 11.2 Å². The second-order valence-corrected chi connectivity index (χ2v) is 5.07. The average Bonchev–Trinajstić information content (AvgIpc) is 2.29. The number of hydrogen-bond donors (Lipinski definition) is 1. The van der Waals surface area contributed by atoms with Crippen molar-refractivity contribution < 1.29 is 14.6 Å². The lowest BCUT2D eigenvalue weighted by molar-refractivity contribution is -0.139. The van der Waals surface area contributed by atoms with Gasteiger partial charge in [0.1, 0.15) is 10.5 Å². The molecule has 0 radical (unpaired) electrons. The lowest BCUT2D eigenvalue weighted by Gasteiger charge is -2.22. The number of aliphatic carboxylic acids is 1. The molecule has 0 bridgehead atoms. The normalized spacial score (nSPS) is 14.2. The SMILES string of the molecule is COc1ccc(CC(C)(SC)C(=O)O)cc1. The van der Waals surface area contributed by atoms with Crippen LogP contribution in [0.5, 0.6) is 5.75 Å². The zero-order valence-corrected chi connectivity index (χ0v) is 10.5. The first-order valence-corrected chi connectivity index (χ1v) is 6.16. The van der Waals surface area contributed by atoms with Crippen molar-refractivity contribution in [2.75, 3.05) is 13.4 Å². The van der Waals surface area contributed by atoms with Crippen molar-refractivity contribution in [2.24, 2.45) is 0 Å². The van der Waals surface area contributed by atoms with Gasteiger partial charge in [-0.05, 0) is 37.3 Å². The highest BCUT2D eigenvalue weighted by Gasteiger charge is 2.32. The summed E-state index contributed by atoms with van der Waals surface area (Å²) in [7, 11) is 1.61. The molecule has 0 aliphatic heterocycles. The summed E-state index contributed by atoms with van der Waals surface area (Å²) in [6, 6.07) is 7.49. The molecule has 3 nitrogen and oxygen atoms in total. The van der Waals surface area contributed by atoms with E-state index in [4.69, 9.17) is 9.84 Å². The summed E-state index contributed by atoms with van der Waals surface area (Å²) in [5.74, 6) is 0.000692. The minimum absolute atomic E-state index is 0.507. The summed E-state index contributed by atoms with van der Waals surface area (Å²) >= 11 is 1.35. The average molecular weight is 240 g/mol. The van der Waals surface area contributed by atoms with Crippen LogP contribution in [0, 0.1) is 0 Å². The number of rotatable bonds is 5. The summed E-state index contributed by atoms with van der Waals surface area (Å²) in [5.41, 5.74) is 1.00. The van der Waals surface area contributed by atoms with Crippen LogP contribution in [0.1, 0.15) is 12.5 Å². The maximum absolute atomic E-state index is 11.1. The van der Waals surface area contributed by atoms with E-state index in [0.717, 1.165) is 11.3 Å². The van der Waals surface area contributed by atoms with Gasteiger partial charge in [-0.3, -0.25) is 4.79 Å². The lowest BCUT2D eigenvalue weighted by Crippen LogP contribution is -2.33. The smallest absolute Gasteiger partial charge is 0.319 e. The van der Waals surface area contributed by atoms with Crippen LogP contribution in [0.15, 0.2) is 24.3 Å². The van der Waals surface area contributed by atoms with Gasteiger partial charge in [-0.15, -0.1) is 11.8 Å². The van der Waals surface area contributed by atoms with Crippen LogP contribution < -0.4 is 4.74 Å². The van der Waals surface area contributed by atoms with E-state index in [1.165, 1.54) is 11.8 Å². The molecule has 0 fully saturated rings. The van der Waals surface area contributed by atoms with Gasteiger partial charge in [0.15, 0.2) is 0 Å². The summed E-state index contributed by atoms with van der Waals surface area (Å²) in [5, 5.41) is 9.15. The molecule has 1 N–H and O–H groups in total. The van der Waals surface area contributed by atoms with Crippen molar-refractivity contribution in [3.05, 3.63) is 29.8 Å². The molecule has 0 aliphatic carbocycles. The maximum Gasteiger partial charge on any atom is 0.319 e. The lowest BCUT2D eigenvalue weighted by atomic mass is 10.0. The van der Waals surface area contributed by atoms with Gasteiger partial charge < -0.3 is 9.84 Å². The van der Waals surface area contributed by atoms with Crippen molar-refractivity contribution >= 4 is 17.7 Å². The summed E-state index contributed by atoms with van der Waals surface area (Å²) < 4.78 is 4.28. The molecule has 0 saturated heterocycles. The third-order valence-electron chi connectivity index (χ3n) is 2.60. The summed E-state index contributed by atoms with van der Waals surface area (Å²) in [6.45, 7) is 1.74. The molecule has 1 aromatic rings. The monoisotopic (exact) mass is 240 g/mol. The molecule has 16 heavy (non-hydrogen) atoms. The topological polar surface area (TPSA) is 46.5 Å². The molecule has 1 rings (SSSR count). The summed E-state index contributed by atoms with van der Waals surface area (Å²) in [4.78, 5) is 11.1. The van der Waals surface area contributed by atoms with Gasteiger partial charge >= 0.3 is 5.97 Å². The third kappa shape index (κ3) is 2.92. The van der Waals surface area contributed by atoms with E-state index in [1.807, 2.05) is 30.5 Å². The molecule has 1 unspecified atom stereocenters. The largest absolute Gasteiger partial charge is 0.497 e. The third-order valence-corrected chi connectivity index (χ3v) is 3.82. The van der Waals surface area contributed by atoms with Crippen LogP contribution in [0.25, 0.3) is 0 Å². The van der Waals surface area contributed by atoms with Crippen LogP contribution in [0.2, 0.25) is 0 Å². The molecule has 0 aromatic heterocycles. The second-order valence-electron chi connectivity index (χ2n) is 3.76. The van der Waals surface area contributed by atoms with Crippen LogP contribution in [0.3, 0.4) is 0 Å². The zero-order valence-electron chi connectivity index (χ0n) is 9.69. The van der Waals surface area contributed by atoms with Gasteiger partial charge in [-0.2, -0.15) is 0 Å². The first-order chi connectivity index (χ1) is 7.51. The molecule has 88 valence electrons. The first kappa shape index (κ1) is 12.9. The van der Waals surface area contributed by atoms with Crippen LogP contribution >= 0.6 is 11.8 Å². The van der Waals surface area contributed by atoms with E-state index in [2.05, 4.69) is 0 Å². The Morgan fingerprint density at radius 2 is 2.00 bits per heavy atom. The predicted molar refractivity (Wildman–Crippen MR) is 66.3 cm³/mol. The molecule has 0 heterocycles. The standard InChI is InChI=1S/C12H16O3S/c1-12(16-3,11(13)14)8-9-4-6-10(15-2)7-5-9/h4-7H,8H2,1-3H3,(H,13,14). The molecule has 1 aromatic carbocycles. The van der Waals surface area contributed by atoms with Gasteiger partial charge in [0.05, 0.1) is 7.11 Å². The van der Waals surface area contributed by atoms with Crippen molar-refractivity contribution in [1.29, 1.82) is 0 Å². The Labute approximate surface area is 99.8 Å². The Hall–Kier alpha value is -1.16. The van der Waals surface area contributed by atoms with E-state index in [0.29, 0.717) is 6.42 Å². The zero-order chi connectivity index (χ0) is 12.2. The van der Waals surface area contributed by atoms with Crippen LogP contribution in [0.4, 0.5) is 0 Å². The van der Waals surface area contributed by atoms with Crippen molar-refractivity contribution in [1.82, 2.24) is 0 Å². The van der Waals surface area contributed by atoms with E-state index >= 15 is 0 Å². The fourth-order valence-electron chi connectivity index (χ4n) is 1.37. The quantitative estimate of drug-likeness (QED) is 0.858. The molecule has 1 atom stereocenters. The number of hydrogen-bond acceptors (Lipinski definition) is 3. The van der Waals surface area contributed by atoms with Crippen molar-refractivity contribution in [2.45, 2.75) is 18.1 Å². The molecule has 4 heteroatoms. The molecule has 0 amide bonds. The van der Waals surface area contributed by atoms with E-state index < -0.39 is 10.7 Å². The Bertz CT molecular complexity index is 361. The van der Waals surface area contributed by atoms with E-state index in [1.54, 1.807) is 14.0 Å². The molecular formula is C12H16O3S. The first-order valence-electron chi connectivity index (χ1n) is 4.93. The van der Waals surface area contributed by atoms with Crippen molar-refractivity contribution in [3.63, 3.8) is 0 Å². The fraction of sp³-hybridized carbons (Fsp3) is 0.417. The second kappa shape index (κ2) is 5.25. The minimum atomic E-state index is -0.782. The number of carboxylic acids is 1. The Kier molecular flexibility index (Phi) is 4.24. The van der Waals surface area contributed by atoms with E-state index in [-0.39, 0.29) is 0 Å². The van der Waals surface area contributed by atoms with Gasteiger partial charge in [0, 0.05) is 0 Å². The van der Waals surface area contributed by atoms with Crippen LogP contribution in [-0.4, -0.2) is 29.2 Å². The number of thioether (sulfide) groups is 1.